The molecule has 2 aromatic rings. The van der Waals surface area contributed by atoms with Gasteiger partial charge in [-0.3, -0.25) is 14.9 Å². The fourth-order valence-electron chi connectivity index (χ4n) is 4.05. The number of non-ortho nitro benzene ring substituents is 1. The maximum atomic E-state index is 11.4. The molecule has 0 saturated carbocycles. The fraction of sp³-hybridized carbons (Fsp3) is 0.160. The summed E-state index contributed by atoms with van der Waals surface area (Å²) < 4.78 is 0. The molecule has 6 heteroatoms. The van der Waals surface area contributed by atoms with Crippen LogP contribution in [0.4, 0.5) is 11.4 Å². The minimum absolute atomic E-state index is 0.0159. The van der Waals surface area contributed by atoms with Crippen molar-refractivity contribution < 1.29 is 14.8 Å². The molecule has 1 aliphatic heterocycles. The Morgan fingerprint density at radius 3 is 2.48 bits per heavy atom. The third-order valence-electron chi connectivity index (χ3n) is 5.72. The quantitative estimate of drug-likeness (QED) is 0.556. The number of benzene rings is 2. The van der Waals surface area contributed by atoms with Crippen LogP contribution in [-0.2, 0) is 16.8 Å². The van der Waals surface area contributed by atoms with Crippen LogP contribution in [0, 0.1) is 10.1 Å². The second-order valence-corrected chi connectivity index (χ2v) is 8.09. The monoisotopic (exact) mass is 414 g/mol. The number of hydrogen-bond acceptors (Lipinski definition) is 5. The molecule has 0 saturated heterocycles. The van der Waals surface area contributed by atoms with Crippen LogP contribution in [-0.4, -0.2) is 15.8 Å². The number of nitrogens with zero attached hydrogens (tertiary/aromatic N) is 2. The number of phenols is 1. The lowest BCUT2D eigenvalue weighted by Gasteiger charge is -2.27. The predicted molar refractivity (Wildman–Crippen MR) is 120 cm³/mol. The highest BCUT2D eigenvalue weighted by molar-refractivity contribution is 6.01. The normalized spacial score (nSPS) is 17.9. The molecule has 2 aliphatic rings. The average Bonchev–Trinajstić information content (AvgIpc) is 2.96. The first-order chi connectivity index (χ1) is 14.8. The topological polar surface area (TPSA) is 83.7 Å². The molecule has 0 fully saturated rings. The Hall–Kier alpha value is -3.93. The number of allylic oxidation sites excluding steroid dienone is 8. The van der Waals surface area contributed by atoms with Crippen molar-refractivity contribution in [2.24, 2.45) is 0 Å². The number of phenolic OH excluding ortho intramolecular Hbond substituents is 1. The van der Waals surface area contributed by atoms with Crippen molar-refractivity contribution in [1.29, 1.82) is 0 Å². The fourth-order valence-corrected chi connectivity index (χ4v) is 4.05. The second-order valence-electron chi connectivity index (χ2n) is 8.09. The Bertz CT molecular complexity index is 1180. The maximum Gasteiger partial charge on any atom is 0.270 e. The number of nitro groups is 1. The minimum atomic E-state index is -0.463. The van der Waals surface area contributed by atoms with Gasteiger partial charge < -0.3 is 10.0 Å². The maximum absolute atomic E-state index is 11.4. The van der Waals surface area contributed by atoms with Gasteiger partial charge in [0.05, 0.1) is 11.5 Å². The third-order valence-corrected chi connectivity index (χ3v) is 5.72. The molecular formula is C25H22N2O4. The number of carbonyl (C=O) groups excluding carboxylic acids is 1. The lowest BCUT2D eigenvalue weighted by atomic mass is 9.83. The first-order valence-corrected chi connectivity index (χ1v) is 9.93. The molecule has 0 bridgehead atoms. The van der Waals surface area contributed by atoms with Crippen molar-refractivity contribution in [3.63, 3.8) is 0 Å². The van der Waals surface area contributed by atoms with Crippen molar-refractivity contribution in [2.45, 2.75) is 25.8 Å². The molecule has 0 unspecified atom stereocenters. The summed E-state index contributed by atoms with van der Waals surface area (Å²) in [6.45, 7) is 4.53. The minimum Gasteiger partial charge on any atom is -0.508 e. The zero-order valence-corrected chi connectivity index (χ0v) is 17.3. The molecule has 0 amide bonds. The van der Waals surface area contributed by atoms with Gasteiger partial charge in [-0.15, -0.1) is 0 Å². The molecule has 156 valence electrons. The number of rotatable bonds is 4. The zero-order valence-electron chi connectivity index (χ0n) is 17.3. The van der Waals surface area contributed by atoms with E-state index in [0.717, 1.165) is 22.5 Å². The lowest BCUT2D eigenvalue weighted by Crippen LogP contribution is -2.25. The Morgan fingerprint density at radius 1 is 1.06 bits per heavy atom. The van der Waals surface area contributed by atoms with Gasteiger partial charge in [-0.2, -0.15) is 0 Å². The van der Waals surface area contributed by atoms with E-state index in [1.54, 1.807) is 12.2 Å². The zero-order chi connectivity index (χ0) is 22.2. The number of anilines is 1. The van der Waals surface area contributed by atoms with E-state index >= 15 is 0 Å². The van der Waals surface area contributed by atoms with E-state index in [2.05, 4.69) is 24.8 Å². The Morgan fingerprint density at radius 2 is 1.77 bits per heavy atom. The highest BCUT2D eigenvalue weighted by atomic mass is 16.6. The third kappa shape index (κ3) is 3.80. The molecule has 0 aromatic heterocycles. The molecular weight excluding hydrogens is 392 g/mol. The predicted octanol–water partition coefficient (Wildman–Crippen LogP) is 5.10. The largest absolute Gasteiger partial charge is 0.508 e. The van der Waals surface area contributed by atoms with Gasteiger partial charge in [0.25, 0.3) is 5.69 Å². The van der Waals surface area contributed by atoms with Crippen LogP contribution >= 0.6 is 0 Å². The Balaban J connectivity index is 1.79. The summed E-state index contributed by atoms with van der Waals surface area (Å²) >= 11 is 0. The van der Waals surface area contributed by atoms with Crippen LogP contribution in [0.25, 0.3) is 0 Å². The van der Waals surface area contributed by atoms with Crippen LogP contribution in [0.1, 0.15) is 25.0 Å². The number of para-hydroxylation sites is 1. The van der Waals surface area contributed by atoms with Crippen LogP contribution in [0.5, 0.6) is 5.75 Å². The van der Waals surface area contributed by atoms with E-state index in [1.807, 2.05) is 30.4 Å². The molecule has 0 atom stereocenters. The van der Waals surface area contributed by atoms with E-state index in [-0.39, 0.29) is 29.2 Å². The van der Waals surface area contributed by atoms with E-state index in [1.165, 1.54) is 30.4 Å². The SMILES string of the molecule is CC1(C)C(=CC=C2C=CC(=O)C=C2)N(Cc2cc([N+](=O)[O-])ccc2O)c2ccccc21. The van der Waals surface area contributed by atoms with Crippen LogP contribution in [0.2, 0.25) is 0 Å². The average molecular weight is 414 g/mol. The van der Waals surface area contributed by atoms with Gasteiger partial charge in [0.1, 0.15) is 5.75 Å². The molecule has 0 radical (unpaired) electrons. The summed E-state index contributed by atoms with van der Waals surface area (Å²) in [6.07, 6.45) is 10.5. The van der Waals surface area contributed by atoms with E-state index in [0.29, 0.717) is 5.56 Å². The summed E-state index contributed by atoms with van der Waals surface area (Å²) in [5.41, 5.74) is 4.12. The van der Waals surface area contributed by atoms with Crippen LogP contribution < -0.4 is 4.90 Å². The molecule has 1 aliphatic carbocycles. The number of nitro benzene ring substituents is 1. The number of hydrogen-bond donors (Lipinski definition) is 1. The molecule has 0 spiro atoms. The highest BCUT2D eigenvalue weighted by Crippen LogP contribution is 2.48. The van der Waals surface area contributed by atoms with Crippen molar-refractivity contribution in [3.05, 3.63) is 111 Å². The van der Waals surface area contributed by atoms with Crippen molar-refractivity contribution in [3.8, 4) is 5.75 Å². The van der Waals surface area contributed by atoms with Gasteiger partial charge >= 0.3 is 0 Å². The first-order valence-electron chi connectivity index (χ1n) is 9.93. The molecule has 6 nitrogen and oxygen atoms in total. The van der Waals surface area contributed by atoms with Crippen molar-refractivity contribution >= 4 is 17.2 Å². The molecule has 4 rings (SSSR count). The van der Waals surface area contributed by atoms with E-state index < -0.39 is 4.92 Å². The summed E-state index contributed by atoms with van der Waals surface area (Å²) in [5.74, 6) is -0.0247. The Kier molecular flexibility index (Phi) is 5.07. The molecule has 2 aromatic carbocycles. The lowest BCUT2D eigenvalue weighted by molar-refractivity contribution is -0.384. The molecule has 1 heterocycles. The summed E-state index contributed by atoms with van der Waals surface area (Å²) in [7, 11) is 0. The molecule has 31 heavy (non-hydrogen) atoms. The van der Waals surface area contributed by atoms with Crippen LogP contribution in [0.15, 0.2) is 90.2 Å². The second kappa shape index (κ2) is 7.72. The van der Waals surface area contributed by atoms with Crippen LogP contribution in [0.3, 0.4) is 0 Å². The van der Waals surface area contributed by atoms with Crippen molar-refractivity contribution in [1.82, 2.24) is 0 Å². The van der Waals surface area contributed by atoms with Gasteiger partial charge in [-0.05, 0) is 41.5 Å². The standard InChI is InChI=1S/C25H22N2O4/c1-25(2)21-5-3-4-6-22(21)26(16-18-15-19(27(30)31)10-13-23(18)29)24(25)14-9-17-7-11-20(28)12-8-17/h3-15,29H,16H2,1-2H3. The Labute approximate surface area is 180 Å². The number of carbonyl (C=O) groups is 1. The summed E-state index contributed by atoms with van der Waals surface area (Å²) in [5, 5.41) is 21.6. The van der Waals surface area contributed by atoms with Gasteiger partial charge in [0, 0.05) is 34.5 Å². The smallest absolute Gasteiger partial charge is 0.270 e. The number of ketones is 1. The highest BCUT2D eigenvalue weighted by Gasteiger charge is 2.39. The summed E-state index contributed by atoms with van der Waals surface area (Å²) in [6, 6.07) is 12.1. The first kappa shape index (κ1) is 20.3. The number of aromatic hydroxyl groups is 1. The number of fused-ring (bicyclic) bond motifs is 1. The van der Waals surface area contributed by atoms with E-state index in [4.69, 9.17) is 0 Å². The molecule has 1 N–H and O–H groups in total. The van der Waals surface area contributed by atoms with E-state index in [9.17, 15) is 20.0 Å². The van der Waals surface area contributed by atoms with Gasteiger partial charge in [-0.25, -0.2) is 0 Å². The van der Waals surface area contributed by atoms with Crippen molar-refractivity contribution in [2.75, 3.05) is 4.90 Å². The van der Waals surface area contributed by atoms with Gasteiger partial charge in [0.2, 0.25) is 0 Å². The summed E-state index contributed by atoms with van der Waals surface area (Å²) in [4.78, 5) is 24.2. The van der Waals surface area contributed by atoms with Gasteiger partial charge in [-0.1, -0.05) is 50.3 Å². The van der Waals surface area contributed by atoms with Gasteiger partial charge in [0.15, 0.2) is 5.78 Å².